The van der Waals surface area contributed by atoms with Crippen molar-refractivity contribution in [2.24, 2.45) is 0 Å². The van der Waals surface area contributed by atoms with Gasteiger partial charge in [-0.1, -0.05) is 24.3 Å². The summed E-state index contributed by atoms with van der Waals surface area (Å²) in [7, 11) is 0. The van der Waals surface area contributed by atoms with Crippen LogP contribution in [0.1, 0.15) is 11.1 Å². The predicted octanol–water partition coefficient (Wildman–Crippen LogP) is 3.74. The number of hydrogen-bond donors (Lipinski definition) is 2. The van der Waals surface area contributed by atoms with Crippen LogP contribution in [0.3, 0.4) is 0 Å². The van der Waals surface area contributed by atoms with Crippen LogP contribution >= 0.6 is 0 Å². The minimum atomic E-state index is 0.957. The Morgan fingerprint density at radius 2 is 1.75 bits per heavy atom. The molecule has 0 amide bonds. The summed E-state index contributed by atoms with van der Waals surface area (Å²) < 4.78 is 0. The SMILES string of the molecule is Cc1cc(Nc2ccccc2)ccc1C=N. The van der Waals surface area contributed by atoms with E-state index in [1.165, 1.54) is 6.21 Å². The van der Waals surface area contributed by atoms with E-state index in [0.717, 1.165) is 22.5 Å². The Labute approximate surface area is 95.5 Å². The van der Waals surface area contributed by atoms with Gasteiger partial charge >= 0.3 is 0 Å². The number of hydrogen-bond acceptors (Lipinski definition) is 2. The van der Waals surface area contributed by atoms with Gasteiger partial charge in [-0.3, -0.25) is 0 Å². The van der Waals surface area contributed by atoms with E-state index >= 15 is 0 Å². The molecule has 2 rings (SSSR count). The van der Waals surface area contributed by atoms with Gasteiger partial charge in [0.05, 0.1) is 0 Å². The summed E-state index contributed by atoms with van der Waals surface area (Å²) in [6, 6.07) is 16.0. The maximum atomic E-state index is 7.23. The van der Waals surface area contributed by atoms with Crippen LogP contribution in [0, 0.1) is 12.3 Å². The highest BCUT2D eigenvalue weighted by molar-refractivity contribution is 5.80. The van der Waals surface area contributed by atoms with Crippen LogP contribution in [-0.2, 0) is 0 Å². The van der Waals surface area contributed by atoms with Crippen molar-refractivity contribution in [3.63, 3.8) is 0 Å². The molecule has 0 aliphatic carbocycles. The maximum Gasteiger partial charge on any atom is 0.0387 e. The molecule has 0 aliphatic heterocycles. The summed E-state index contributed by atoms with van der Waals surface area (Å²) in [6.45, 7) is 2.01. The Bertz CT molecular complexity index is 489. The van der Waals surface area contributed by atoms with Gasteiger partial charge in [0, 0.05) is 17.6 Å². The molecule has 80 valence electrons. The van der Waals surface area contributed by atoms with Crippen LogP contribution in [0.5, 0.6) is 0 Å². The van der Waals surface area contributed by atoms with Crippen LogP contribution in [0.25, 0.3) is 0 Å². The number of nitrogens with one attached hydrogen (secondary N) is 2. The van der Waals surface area contributed by atoms with Crippen molar-refractivity contribution in [2.45, 2.75) is 6.92 Å². The van der Waals surface area contributed by atoms with Crippen molar-refractivity contribution >= 4 is 17.6 Å². The van der Waals surface area contributed by atoms with Crippen molar-refractivity contribution in [1.29, 1.82) is 5.41 Å². The van der Waals surface area contributed by atoms with Crippen LogP contribution in [-0.4, -0.2) is 6.21 Å². The fraction of sp³-hybridized carbons (Fsp3) is 0.0714. The van der Waals surface area contributed by atoms with Gasteiger partial charge in [-0.05, 0) is 42.3 Å². The van der Waals surface area contributed by atoms with Crippen LogP contribution in [0.4, 0.5) is 11.4 Å². The minimum absolute atomic E-state index is 0.957. The largest absolute Gasteiger partial charge is 0.356 e. The summed E-state index contributed by atoms with van der Waals surface area (Å²) in [5.74, 6) is 0. The Morgan fingerprint density at radius 3 is 2.38 bits per heavy atom. The molecule has 0 fully saturated rings. The number of rotatable bonds is 3. The summed E-state index contributed by atoms with van der Waals surface area (Å²) in [6.07, 6.45) is 1.38. The number of benzene rings is 2. The third kappa shape index (κ3) is 2.28. The first-order valence-electron chi connectivity index (χ1n) is 5.23. The molecule has 0 bridgehead atoms. The lowest BCUT2D eigenvalue weighted by Gasteiger charge is -2.08. The highest BCUT2D eigenvalue weighted by atomic mass is 14.9. The molecule has 16 heavy (non-hydrogen) atoms. The van der Waals surface area contributed by atoms with E-state index in [9.17, 15) is 0 Å². The van der Waals surface area contributed by atoms with E-state index in [2.05, 4.69) is 5.32 Å². The Balaban J connectivity index is 2.23. The molecule has 0 spiro atoms. The highest BCUT2D eigenvalue weighted by Crippen LogP contribution is 2.18. The molecule has 2 aromatic rings. The first kappa shape index (κ1) is 10.4. The van der Waals surface area contributed by atoms with Crippen LogP contribution in [0.15, 0.2) is 48.5 Å². The maximum absolute atomic E-state index is 7.23. The molecule has 0 unspecified atom stereocenters. The van der Waals surface area contributed by atoms with Gasteiger partial charge in [-0.2, -0.15) is 0 Å². The van der Waals surface area contributed by atoms with Crippen LogP contribution < -0.4 is 5.32 Å². The first-order chi connectivity index (χ1) is 7.79. The quantitative estimate of drug-likeness (QED) is 0.744. The average molecular weight is 210 g/mol. The average Bonchev–Trinajstić information content (AvgIpc) is 2.31. The third-order valence-electron chi connectivity index (χ3n) is 2.49. The van der Waals surface area contributed by atoms with E-state index in [0.29, 0.717) is 0 Å². The second-order valence-corrected chi connectivity index (χ2v) is 3.71. The third-order valence-corrected chi connectivity index (χ3v) is 2.49. The zero-order valence-electron chi connectivity index (χ0n) is 9.20. The van der Waals surface area contributed by atoms with Crippen molar-refractivity contribution in [2.75, 3.05) is 5.32 Å². The molecule has 0 heterocycles. The van der Waals surface area contributed by atoms with Gasteiger partial charge in [0.2, 0.25) is 0 Å². The highest BCUT2D eigenvalue weighted by Gasteiger charge is 1.97. The standard InChI is InChI=1S/C14H14N2/c1-11-9-14(8-7-12(11)10-15)16-13-5-3-2-4-6-13/h2-10,15-16H,1H3. The van der Waals surface area contributed by atoms with Gasteiger partial charge < -0.3 is 10.7 Å². The van der Waals surface area contributed by atoms with Crippen molar-refractivity contribution in [3.05, 3.63) is 59.7 Å². The lowest BCUT2D eigenvalue weighted by molar-refractivity contribution is 1.41. The van der Waals surface area contributed by atoms with E-state index in [1.54, 1.807) is 0 Å². The molecular formula is C14H14N2. The molecule has 2 N–H and O–H groups in total. The smallest absolute Gasteiger partial charge is 0.0387 e. The number of anilines is 2. The number of aryl methyl sites for hydroxylation is 1. The molecule has 0 saturated carbocycles. The monoisotopic (exact) mass is 210 g/mol. The van der Waals surface area contributed by atoms with Gasteiger partial charge in [-0.25, -0.2) is 0 Å². The Kier molecular flexibility index (Phi) is 3.01. The molecule has 0 saturated heterocycles. The Morgan fingerprint density at radius 1 is 1.00 bits per heavy atom. The van der Waals surface area contributed by atoms with Crippen molar-refractivity contribution in [3.8, 4) is 0 Å². The zero-order chi connectivity index (χ0) is 11.4. The van der Waals surface area contributed by atoms with E-state index < -0.39 is 0 Å². The first-order valence-corrected chi connectivity index (χ1v) is 5.23. The van der Waals surface area contributed by atoms with E-state index in [1.807, 2.05) is 55.5 Å². The normalized spacial score (nSPS) is 9.81. The molecule has 0 aromatic heterocycles. The molecular weight excluding hydrogens is 196 g/mol. The molecule has 0 atom stereocenters. The molecule has 2 nitrogen and oxygen atoms in total. The zero-order valence-corrected chi connectivity index (χ0v) is 9.20. The van der Waals surface area contributed by atoms with Crippen molar-refractivity contribution in [1.82, 2.24) is 0 Å². The molecule has 2 heteroatoms. The van der Waals surface area contributed by atoms with Gasteiger partial charge in [0.15, 0.2) is 0 Å². The second-order valence-electron chi connectivity index (χ2n) is 3.71. The molecule has 2 aromatic carbocycles. The van der Waals surface area contributed by atoms with Gasteiger partial charge in [0.25, 0.3) is 0 Å². The summed E-state index contributed by atoms with van der Waals surface area (Å²) >= 11 is 0. The lowest BCUT2D eigenvalue weighted by atomic mass is 10.1. The fourth-order valence-corrected chi connectivity index (χ4v) is 1.60. The topological polar surface area (TPSA) is 35.9 Å². The summed E-state index contributed by atoms with van der Waals surface area (Å²) in [5.41, 5.74) is 4.19. The minimum Gasteiger partial charge on any atom is -0.356 e. The van der Waals surface area contributed by atoms with Gasteiger partial charge in [0.1, 0.15) is 0 Å². The molecule has 0 aliphatic rings. The molecule has 0 radical (unpaired) electrons. The number of para-hydroxylation sites is 1. The summed E-state index contributed by atoms with van der Waals surface area (Å²) in [5, 5.41) is 10.6. The lowest BCUT2D eigenvalue weighted by Crippen LogP contribution is -1.92. The second kappa shape index (κ2) is 4.62. The predicted molar refractivity (Wildman–Crippen MR) is 68.8 cm³/mol. The summed E-state index contributed by atoms with van der Waals surface area (Å²) in [4.78, 5) is 0. The van der Waals surface area contributed by atoms with Gasteiger partial charge in [-0.15, -0.1) is 0 Å². The van der Waals surface area contributed by atoms with Crippen LogP contribution in [0.2, 0.25) is 0 Å². The van der Waals surface area contributed by atoms with E-state index in [4.69, 9.17) is 5.41 Å². The van der Waals surface area contributed by atoms with Crippen molar-refractivity contribution < 1.29 is 0 Å². The van der Waals surface area contributed by atoms with E-state index in [-0.39, 0.29) is 0 Å². The Hall–Kier alpha value is -2.09. The fourth-order valence-electron chi connectivity index (χ4n) is 1.60.